The van der Waals surface area contributed by atoms with Crippen LogP contribution in [0.5, 0.6) is 0 Å². The molecule has 0 fully saturated rings. The van der Waals surface area contributed by atoms with E-state index in [1.165, 1.54) is 11.3 Å². The lowest BCUT2D eigenvalue weighted by Crippen LogP contribution is -2.05. The second kappa shape index (κ2) is 5.56. The number of hydrogen-bond acceptors (Lipinski definition) is 7. The monoisotopic (exact) mass is 306 g/mol. The van der Waals surface area contributed by atoms with Crippen molar-refractivity contribution < 1.29 is 14.1 Å². The molecular weight excluding hydrogens is 296 g/mol. The van der Waals surface area contributed by atoms with Crippen LogP contribution < -0.4 is 0 Å². The van der Waals surface area contributed by atoms with Gasteiger partial charge in [-0.15, -0.1) is 22.7 Å². The van der Waals surface area contributed by atoms with Crippen molar-refractivity contribution in [1.29, 1.82) is 0 Å². The molecular formula is C13H10N2O3S2. The number of rotatable bonds is 4. The maximum Gasteiger partial charge on any atom is 0.358 e. The van der Waals surface area contributed by atoms with Crippen LogP contribution in [0, 0.1) is 6.92 Å². The predicted octanol–water partition coefficient (Wildman–Crippen LogP) is 3.53. The molecule has 0 spiro atoms. The lowest BCUT2D eigenvalue weighted by atomic mass is 10.4. The average molecular weight is 306 g/mol. The zero-order chi connectivity index (χ0) is 13.9. The van der Waals surface area contributed by atoms with Crippen molar-refractivity contribution in [1.82, 2.24) is 10.1 Å². The van der Waals surface area contributed by atoms with Gasteiger partial charge in [0.05, 0.1) is 4.88 Å². The van der Waals surface area contributed by atoms with Crippen molar-refractivity contribution in [3.05, 3.63) is 46.1 Å². The Morgan fingerprint density at radius 3 is 3.05 bits per heavy atom. The van der Waals surface area contributed by atoms with Crippen LogP contribution in [0.3, 0.4) is 0 Å². The zero-order valence-electron chi connectivity index (χ0n) is 10.5. The minimum Gasteiger partial charge on any atom is -0.454 e. The summed E-state index contributed by atoms with van der Waals surface area (Å²) in [6, 6.07) is 5.65. The van der Waals surface area contributed by atoms with Crippen molar-refractivity contribution >= 4 is 28.6 Å². The number of carbonyl (C=O) groups is 1. The molecule has 0 aliphatic carbocycles. The highest BCUT2D eigenvalue weighted by molar-refractivity contribution is 7.20. The van der Waals surface area contributed by atoms with Gasteiger partial charge in [-0.05, 0) is 18.4 Å². The number of thiophene rings is 1. The molecule has 0 unspecified atom stereocenters. The Kier molecular flexibility index (Phi) is 3.62. The highest BCUT2D eigenvalue weighted by atomic mass is 32.1. The standard InChI is InChI=1S/C13H10N2O3S2/c1-8-5-9(15-18-8)6-17-13(16)10-7-20-12(14-10)11-3-2-4-19-11/h2-5,7H,6H2,1H3. The average Bonchev–Trinajstić information content (AvgIpc) is 3.16. The molecule has 3 aromatic rings. The quantitative estimate of drug-likeness (QED) is 0.690. The lowest BCUT2D eigenvalue weighted by molar-refractivity contribution is 0.0458. The third-order valence-corrected chi connectivity index (χ3v) is 4.35. The fourth-order valence-electron chi connectivity index (χ4n) is 1.58. The maximum absolute atomic E-state index is 11.9. The molecule has 3 rings (SSSR count). The van der Waals surface area contributed by atoms with Crippen LogP contribution in [0.25, 0.3) is 9.88 Å². The topological polar surface area (TPSA) is 65.2 Å². The van der Waals surface area contributed by atoms with E-state index in [4.69, 9.17) is 9.26 Å². The zero-order valence-corrected chi connectivity index (χ0v) is 12.2. The van der Waals surface area contributed by atoms with E-state index in [9.17, 15) is 4.79 Å². The Bertz CT molecular complexity index is 716. The smallest absolute Gasteiger partial charge is 0.358 e. The van der Waals surface area contributed by atoms with E-state index in [2.05, 4.69) is 10.1 Å². The summed E-state index contributed by atoms with van der Waals surface area (Å²) in [7, 11) is 0. The van der Waals surface area contributed by atoms with Crippen molar-refractivity contribution in [2.45, 2.75) is 13.5 Å². The molecule has 0 saturated heterocycles. The predicted molar refractivity (Wildman–Crippen MR) is 75.8 cm³/mol. The molecule has 3 aromatic heterocycles. The van der Waals surface area contributed by atoms with E-state index < -0.39 is 5.97 Å². The summed E-state index contributed by atoms with van der Waals surface area (Å²) in [5.41, 5.74) is 0.906. The third kappa shape index (κ3) is 2.78. The van der Waals surface area contributed by atoms with Crippen LogP contribution in [-0.4, -0.2) is 16.1 Å². The summed E-state index contributed by atoms with van der Waals surface area (Å²) in [5, 5.41) is 8.26. The first-order chi connectivity index (χ1) is 9.72. The highest BCUT2D eigenvalue weighted by Crippen LogP contribution is 2.28. The van der Waals surface area contributed by atoms with Gasteiger partial charge in [-0.1, -0.05) is 11.2 Å². The van der Waals surface area contributed by atoms with Crippen LogP contribution in [-0.2, 0) is 11.3 Å². The van der Waals surface area contributed by atoms with Gasteiger partial charge in [-0.25, -0.2) is 9.78 Å². The molecule has 7 heteroatoms. The Hall–Kier alpha value is -1.99. The summed E-state index contributed by atoms with van der Waals surface area (Å²) >= 11 is 3.01. The van der Waals surface area contributed by atoms with E-state index in [-0.39, 0.29) is 6.61 Å². The van der Waals surface area contributed by atoms with Crippen molar-refractivity contribution in [2.75, 3.05) is 0 Å². The molecule has 0 radical (unpaired) electrons. The van der Waals surface area contributed by atoms with Gasteiger partial charge in [-0.2, -0.15) is 0 Å². The SMILES string of the molecule is Cc1cc(COC(=O)c2csc(-c3cccs3)n2)no1. The van der Waals surface area contributed by atoms with E-state index in [1.807, 2.05) is 17.5 Å². The molecule has 0 aliphatic rings. The molecule has 0 aromatic carbocycles. The summed E-state index contributed by atoms with van der Waals surface area (Å²) in [6.07, 6.45) is 0. The van der Waals surface area contributed by atoms with Crippen LogP contribution in [0.1, 0.15) is 21.9 Å². The molecule has 0 bridgehead atoms. The molecule has 102 valence electrons. The first-order valence-electron chi connectivity index (χ1n) is 5.81. The van der Waals surface area contributed by atoms with Gasteiger partial charge in [-0.3, -0.25) is 0 Å². The number of thiazole rings is 1. The molecule has 20 heavy (non-hydrogen) atoms. The van der Waals surface area contributed by atoms with Gasteiger partial charge in [0.2, 0.25) is 0 Å². The molecule has 0 saturated carbocycles. The van der Waals surface area contributed by atoms with Crippen molar-refractivity contribution in [2.24, 2.45) is 0 Å². The second-order valence-corrected chi connectivity index (χ2v) is 5.83. The van der Waals surface area contributed by atoms with Gasteiger partial charge in [0.25, 0.3) is 0 Å². The molecule has 0 aliphatic heterocycles. The molecule has 5 nitrogen and oxygen atoms in total. The Balaban J connectivity index is 1.65. The Labute approximate surface area is 122 Å². The number of aromatic nitrogens is 2. The number of esters is 1. The van der Waals surface area contributed by atoms with Crippen LogP contribution in [0.2, 0.25) is 0 Å². The van der Waals surface area contributed by atoms with Crippen LogP contribution >= 0.6 is 22.7 Å². The highest BCUT2D eigenvalue weighted by Gasteiger charge is 2.14. The lowest BCUT2D eigenvalue weighted by Gasteiger charge is -1.98. The fourth-order valence-corrected chi connectivity index (χ4v) is 3.18. The van der Waals surface area contributed by atoms with Gasteiger partial charge >= 0.3 is 5.97 Å². The van der Waals surface area contributed by atoms with E-state index in [1.54, 1.807) is 29.7 Å². The Morgan fingerprint density at radius 1 is 1.45 bits per heavy atom. The van der Waals surface area contributed by atoms with E-state index in [0.717, 1.165) is 9.88 Å². The first-order valence-corrected chi connectivity index (χ1v) is 7.57. The minimum absolute atomic E-state index is 0.0854. The van der Waals surface area contributed by atoms with Crippen LogP contribution in [0.4, 0.5) is 0 Å². The summed E-state index contributed by atoms with van der Waals surface area (Å²) in [5.74, 6) is 0.231. The number of ether oxygens (including phenoxy) is 1. The van der Waals surface area contributed by atoms with Gasteiger partial charge < -0.3 is 9.26 Å². The molecule has 3 heterocycles. The summed E-state index contributed by atoms with van der Waals surface area (Å²) < 4.78 is 10.0. The van der Waals surface area contributed by atoms with E-state index >= 15 is 0 Å². The van der Waals surface area contributed by atoms with Gasteiger partial charge in [0, 0.05) is 11.4 Å². The number of aryl methyl sites for hydroxylation is 1. The summed E-state index contributed by atoms with van der Waals surface area (Å²) in [6.45, 7) is 1.87. The fraction of sp³-hybridized carbons (Fsp3) is 0.154. The molecule has 0 atom stereocenters. The molecule has 0 amide bonds. The van der Waals surface area contributed by atoms with Crippen molar-refractivity contribution in [3.63, 3.8) is 0 Å². The molecule has 0 N–H and O–H groups in total. The van der Waals surface area contributed by atoms with E-state index in [0.29, 0.717) is 17.1 Å². The number of nitrogens with zero attached hydrogens (tertiary/aromatic N) is 2. The van der Waals surface area contributed by atoms with Gasteiger partial charge in [0.1, 0.15) is 23.1 Å². The van der Waals surface area contributed by atoms with Gasteiger partial charge in [0.15, 0.2) is 5.69 Å². The normalized spacial score (nSPS) is 10.7. The number of hydrogen-bond donors (Lipinski definition) is 0. The third-order valence-electron chi connectivity index (χ3n) is 2.47. The summed E-state index contributed by atoms with van der Waals surface area (Å²) in [4.78, 5) is 17.2. The second-order valence-electron chi connectivity index (χ2n) is 4.02. The number of carbonyl (C=O) groups excluding carboxylic acids is 1. The maximum atomic E-state index is 11.9. The Morgan fingerprint density at radius 2 is 2.35 bits per heavy atom. The minimum atomic E-state index is -0.454. The van der Waals surface area contributed by atoms with Crippen molar-refractivity contribution in [3.8, 4) is 9.88 Å². The van der Waals surface area contributed by atoms with Crippen LogP contribution in [0.15, 0.2) is 33.5 Å². The largest absolute Gasteiger partial charge is 0.454 e. The first kappa shape index (κ1) is 13.0.